The number of nitrogens with one attached hydrogen (secondary N) is 1. The second-order valence-corrected chi connectivity index (χ2v) is 5.81. The number of aliphatic carboxylic acids is 1. The quantitative estimate of drug-likeness (QED) is 0.782. The summed E-state index contributed by atoms with van der Waals surface area (Å²) in [5.74, 6) is -0.589. The number of carbonyl (C=O) groups excluding carboxylic acids is 2. The standard InChI is InChI=1S/C20H23NO5/c1-4-26-17-9-8-14(11-18(17)25-3)16(12-19(22)23)21-20(24)15-7-5-6-13(2)10-15/h5-11,16H,4,12H2,1-3H3,(H,21,24)(H,22,23)/p-1. The van der Waals surface area contributed by atoms with Crippen LogP contribution in [-0.4, -0.2) is 25.6 Å². The van der Waals surface area contributed by atoms with Crippen LogP contribution in [0.15, 0.2) is 42.5 Å². The molecule has 0 aromatic heterocycles. The molecule has 1 amide bonds. The van der Waals surface area contributed by atoms with E-state index in [1.54, 1.807) is 36.4 Å². The molecule has 0 fully saturated rings. The Kier molecular flexibility index (Phi) is 6.60. The molecule has 26 heavy (non-hydrogen) atoms. The minimum Gasteiger partial charge on any atom is -0.550 e. The van der Waals surface area contributed by atoms with Crippen LogP contribution in [0.4, 0.5) is 0 Å². The molecule has 0 aliphatic rings. The highest BCUT2D eigenvalue weighted by Gasteiger charge is 2.18. The Morgan fingerprint density at radius 2 is 1.92 bits per heavy atom. The summed E-state index contributed by atoms with van der Waals surface area (Å²) >= 11 is 0. The van der Waals surface area contributed by atoms with E-state index >= 15 is 0 Å². The number of ether oxygens (including phenoxy) is 2. The summed E-state index contributed by atoms with van der Waals surface area (Å²) in [6, 6.07) is 11.4. The van der Waals surface area contributed by atoms with Gasteiger partial charge in [-0.1, -0.05) is 23.8 Å². The molecule has 1 atom stereocenters. The van der Waals surface area contributed by atoms with Gasteiger partial charge in [-0.2, -0.15) is 0 Å². The van der Waals surface area contributed by atoms with E-state index in [0.717, 1.165) is 5.56 Å². The van der Waals surface area contributed by atoms with Gasteiger partial charge < -0.3 is 24.7 Å². The first-order valence-electron chi connectivity index (χ1n) is 8.32. The first-order chi connectivity index (χ1) is 12.4. The Labute approximate surface area is 152 Å². The monoisotopic (exact) mass is 356 g/mol. The molecular weight excluding hydrogens is 334 g/mol. The van der Waals surface area contributed by atoms with E-state index in [0.29, 0.717) is 29.2 Å². The molecule has 1 N–H and O–H groups in total. The van der Waals surface area contributed by atoms with E-state index in [4.69, 9.17) is 9.47 Å². The van der Waals surface area contributed by atoms with Crippen LogP contribution in [0.25, 0.3) is 0 Å². The lowest BCUT2D eigenvalue weighted by molar-refractivity contribution is -0.306. The maximum absolute atomic E-state index is 12.5. The van der Waals surface area contributed by atoms with Gasteiger partial charge in [-0.15, -0.1) is 0 Å². The molecule has 1 unspecified atom stereocenters. The summed E-state index contributed by atoms with van der Waals surface area (Å²) in [6.45, 7) is 4.21. The summed E-state index contributed by atoms with van der Waals surface area (Å²) in [4.78, 5) is 23.7. The van der Waals surface area contributed by atoms with Crippen molar-refractivity contribution in [2.45, 2.75) is 26.3 Å². The van der Waals surface area contributed by atoms with Gasteiger partial charge in [-0.05, 0) is 43.7 Å². The topological polar surface area (TPSA) is 87.7 Å². The van der Waals surface area contributed by atoms with E-state index in [1.807, 2.05) is 19.9 Å². The lowest BCUT2D eigenvalue weighted by Gasteiger charge is -2.21. The molecule has 0 saturated carbocycles. The average Bonchev–Trinajstić information content (AvgIpc) is 2.61. The van der Waals surface area contributed by atoms with Crippen molar-refractivity contribution >= 4 is 11.9 Å². The molecule has 2 aromatic carbocycles. The van der Waals surface area contributed by atoms with Gasteiger partial charge in [-0.3, -0.25) is 4.79 Å². The van der Waals surface area contributed by atoms with Crippen molar-refractivity contribution in [3.8, 4) is 11.5 Å². The zero-order chi connectivity index (χ0) is 19.1. The fraction of sp³-hybridized carbons (Fsp3) is 0.300. The van der Waals surface area contributed by atoms with E-state index in [1.165, 1.54) is 7.11 Å². The number of carboxylic acid groups (broad SMARTS) is 1. The first-order valence-corrected chi connectivity index (χ1v) is 8.32. The third-order valence-electron chi connectivity index (χ3n) is 3.85. The molecule has 0 bridgehead atoms. The van der Waals surface area contributed by atoms with Crippen LogP contribution < -0.4 is 19.9 Å². The highest BCUT2D eigenvalue weighted by Crippen LogP contribution is 2.31. The summed E-state index contributed by atoms with van der Waals surface area (Å²) in [6.07, 6.45) is -0.352. The van der Waals surface area contributed by atoms with Gasteiger partial charge in [0.25, 0.3) is 5.91 Å². The molecule has 138 valence electrons. The van der Waals surface area contributed by atoms with E-state index in [-0.39, 0.29) is 12.3 Å². The largest absolute Gasteiger partial charge is 0.550 e. The maximum atomic E-state index is 12.5. The van der Waals surface area contributed by atoms with Gasteiger partial charge in [-0.25, -0.2) is 0 Å². The molecule has 0 radical (unpaired) electrons. The van der Waals surface area contributed by atoms with Crippen molar-refractivity contribution in [3.05, 3.63) is 59.2 Å². The number of amides is 1. The molecule has 6 nitrogen and oxygen atoms in total. The van der Waals surface area contributed by atoms with Crippen LogP contribution in [0.3, 0.4) is 0 Å². The van der Waals surface area contributed by atoms with Crippen molar-refractivity contribution in [3.63, 3.8) is 0 Å². The molecule has 0 aliphatic carbocycles. The Morgan fingerprint density at radius 1 is 1.15 bits per heavy atom. The van der Waals surface area contributed by atoms with E-state index in [2.05, 4.69) is 5.32 Å². The van der Waals surface area contributed by atoms with Gasteiger partial charge in [0, 0.05) is 18.0 Å². The van der Waals surface area contributed by atoms with Crippen molar-refractivity contribution in [2.24, 2.45) is 0 Å². The number of hydrogen-bond donors (Lipinski definition) is 1. The van der Waals surface area contributed by atoms with Crippen molar-refractivity contribution < 1.29 is 24.2 Å². The fourth-order valence-corrected chi connectivity index (χ4v) is 2.62. The molecule has 0 saturated heterocycles. The Balaban J connectivity index is 2.29. The minimum atomic E-state index is -1.26. The van der Waals surface area contributed by atoms with Gasteiger partial charge in [0.15, 0.2) is 11.5 Å². The minimum absolute atomic E-state index is 0.352. The summed E-state index contributed by atoms with van der Waals surface area (Å²) in [5.41, 5.74) is 2.00. The van der Waals surface area contributed by atoms with Crippen molar-refractivity contribution in [1.82, 2.24) is 5.32 Å². The molecule has 0 aliphatic heterocycles. The van der Waals surface area contributed by atoms with Gasteiger partial charge in [0.2, 0.25) is 0 Å². The Morgan fingerprint density at radius 3 is 2.54 bits per heavy atom. The van der Waals surface area contributed by atoms with E-state index < -0.39 is 12.0 Å². The third kappa shape index (κ3) is 4.99. The highest BCUT2D eigenvalue weighted by atomic mass is 16.5. The second-order valence-electron chi connectivity index (χ2n) is 5.81. The molecule has 2 aromatic rings. The molecule has 6 heteroatoms. The second kappa shape index (κ2) is 8.89. The van der Waals surface area contributed by atoms with Crippen molar-refractivity contribution in [1.29, 1.82) is 0 Å². The highest BCUT2D eigenvalue weighted by molar-refractivity contribution is 5.94. The number of methoxy groups -OCH3 is 1. The molecular formula is C20H22NO5-. The Hall–Kier alpha value is -3.02. The van der Waals surface area contributed by atoms with Crippen LogP contribution in [0.2, 0.25) is 0 Å². The number of hydrogen-bond acceptors (Lipinski definition) is 5. The number of rotatable bonds is 8. The van der Waals surface area contributed by atoms with Crippen molar-refractivity contribution in [2.75, 3.05) is 13.7 Å². The van der Waals surface area contributed by atoms with Gasteiger partial charge >= 0.3 is 0 Å². The van der Waals surface area contributed by atoms with Crippen LogP contribution in [0.5, 0.6) is 11.5 Å². The predicted octanol–water partition coefficient (Wildman–Crippen LogP) is 2.01. The number of aryl methyl sites for hydroxylation is 1. The normalized spacial score (nSPS) is 11.5. The SMILES string of the molecule is CCOc1ccc(C(CC(=O)[O-])NC(=O)c2cccc(C)c2)cc1OC. The van der Waals surface area contributed by atoms with E-state index in [9.17, 15) is 14.7 Å². The predicted molar refractivity (Wildman–Crippen MR) is 95.2 cm³/mol. The smallest absolute Gasteiger partial charge is 0.251 e. The zero-order valence-electron chi connectivity index (χ0n) is 15.1. The fourth-order valence-electron chi connectivity index (χ4n) is 2.62. The van der Waals surface area contributed by atoms with Crippen LogP contribution in [-0.2, 0) is 4.79 Å². The van der Waals surface area contributed by atoms with Crippen LogP contribution in [0.1, 0.15) is 40.9 Å². The number of carbonyl (C=O) groups is 2. The van der Waals surface area contributed by atoms with Gasteiger partial charge in [0.05, 0.1) is 19.8 Å². The lowest BCUT2D eigenvalue weighted by atomic mass is 10.0. The lowest BCUT2D eigenvalue weighted by Crippen LogP contribution is -2.34. The third-order valence-corrected chi connectivity index (χ3v) is 3.85. The molecule has 0 heterocycles. The Bertz CT molecular complexity index is 788. The number of benzene rings is 2. The molecule has 2 rings (SSSR count). The maximum Gasteiger partial charge on any atom is 0.251 e. The number of carboxylic acids is 1. The first kappa shape index (κ1) is 19.3. The molecule has 0 spiro atoms. The van der Waals surface area contributed by atoms with Gasteiger partial charge in [0.1, 0.15) is 0 Å². The summed E-state index contributed by atoms with van der Waals surface area (Å²) in [7, 11) is 1.50. The average molecular weight is 356 g/mol. The zero-order valence-corrected chi connectivity index (χ0v) is 15.1. The van der Waals surface area contributed by atoms with Crippen LogP contribution >= 0.6 is 0 Å². The summed E-state index contributed by atoms with van der Waals surface area (Å²) in [5, 5.41) is 13.9. The van der Waals surface area contributed by atoms with Crippen LogP contribution in [0, 0.1) is 6.92 Å². The summed E-state index contributed by atoms with van der Waals surface area (Å²) < 4.78 is 10.8.